The molecule has 1 aliphatic heterocycles. The molecule has 0 saturated carbocycles. The van der Waals surface area contributed by atoms with E-state index in [1.165, 1.54) is 0 Å². The van der Waals surface area contributed by atoms with Crippen LogP contribution in [0.2, 0.25) is 0 Å². The number of nitro benzene ring substituents is 1. The van der Waals surface area contributed by atoms with Crippen LogP contribution < -0.4 is 5.73 Å². The summed E-state index contributed by atoms with van der Waals surface area (Å²) in [7, 11) is -0.692. The predicted octanol–water partition coefficient (Wildman–Crippen LogP) is 2.58. The first-order valence-corrected chi connectivity index (χ1v) is 5.84. The first kappa shape index (κ1) is 9.79. The van der Waals surface area contributed by atoms with Gasteiger partial charge in [0.05, 0.1) is 9.82 Å². The summed E-state index contributed by atoms with van der Waals surface area (Å²) in [5.74, 6) is 0. The highest BCUT2D eigenvalue weighted by atomic mass is 32.2. The molecule has 0 amide bonds. The first-order chi connectivity index (χ1) is 7.20. The van der Waals surface area contributed by atoms with Crippen LogP contribution in [0.4, 0.5) is 11.4 Å². The molecule has 0 fully saturated rings. The highest BCUT2D eigenvalue weighted by Gasteiger charge is 2.20. The zero-order chi connectivity index (χ0) is 10.8. The summed E-state index contributed by atoms with van der Waals surface area (Å²) in [6.07, 6.45) is 3.80. The Morgan fingerprint density at radius 3 is 2.53 bits per heavy atom. The average Bonchev–Trinajstić information content (AvgIpc) is 2.69. The number of nitrogens with zero attached hydrogens (tertiary/aromatic N) is 1. The lowest BCUT2D eigenvalue weighted by atomic mass is 10.3. The van der Waals surface area contributed by atoms with E-state index in [0.29, 0.717) is 4.90 Å². The minimum atomic E-state index is -0.692. The Labute approximate surface area is 89.6 Å². The number of nitrogens with two attached hydrogens (primary N) is 1. The van der Waals surface area contributed by atoms with E-state index in [4.69, 9.17) is 5.73 Å². The van der Waals surface area contributed by atoms with Crippen molar-refractivity contribution < 1.29 is 4.92 Å². The monoisotopic (exact) mass is 222 g/mol. The normalized spacial score (nSPS) is 15.9. The molecule has 15 heavy (non-hydrogen) atoms. The van der Waals surface area contributed by atoms with E-state index in [2.05, 4.69) is 0 Å². The maximum atomic E-state index is 10.9. The van der Waals surface area contributed by atoms with Crippen LogP contribution in [-0.2, 0) is 0 Å². The highest BCUT2D eigenvalue weighted by Crippen LogP contribution is 2.48. The van der Waals surface area contributed by atoms with Crippen molar-refractivity contribution in [3.8, 4) is 0 Å². The third kappa shape index (κ3) is 1.73. The van der Waals surface area contributed by atoms with Gasteiger partial charge in [-0.2, -0.15) is 10.9 Å². The van der Waals surface area contributed by atoms with Gasteiger partial charge in [0.1, 0.15) is 5.69 Å². The van der Waals surface area contributed by atoms with E-state index in [1.54, 1.807) is 18.2 Å². The summed E-state index contributed by atoms with van der Waals surface area (Å²) in [6, 6.07) is 5.07. The summed E-state index contributed by atoms with van der Waals surface area (Å²) in [5.41, 5.74) is 5.88. The number of thiol groups is 1. The summed E-state index contributed by atoms with van der Waals surface area (Å²) >= 11 is 0. The van der Waals surface area contributed by atoms with E-state index in [1.807, 2.05) is 23.0 Å². The van der Waals surface area contributed by atoms with E-state index in [-0.39, 0.29) is 11.4 Å². The van der Waals surface area contributed by atoms with Crippen molar-refractivity contribution in [2.75, 3.05) is 5.73 Å². The summed E-state index contributed by atoms with van der Waals surface area (Å²) in [4.78, 5) is 11.2. The zero-order valence-corrected chi connectivity index (χ0v) is 8.72. The molecule has 0 saturated heterocycles. The van der Waals surface area contributed by atoms with Gasteiger partial charge in [-0.1, -0.05) is 18.2 Å². The van der Waals surface area contributed by atoms with Gasteiger partial charge in [0.25, 0.3) is 0 Å². The molecular weight excluding hydrogens is 212 g/mol. The van der Waals surface area contributed by atoms with Crippen LogP contribution >= 0.6 is 10.9 Å². The Kier molecular flexibility index (Phi) is 2.47. The Bertz CT molecular complexity index is 456. The lowest BCUT2D eigenvalue weighted by Gasteiger charge is -2.11. The molecule has 0 spiro atoms. The van der Waals surface area contributed by atoms with E-state index in [0.717, 1.165) is 0 Å². The Morgan fingerprint density at radius 2 is 1.93 bits per heavy atom. The number of nitrogen functional groups attached to an aromatic ring is 1. The quantitative estimate of drug-likeness (QED) is 0.350. The smallest absolute Gasteiger partial charge is 0.304 e. The molecule has 78 valence electrons. The number of hydrogen-bond donors (Lipinski definition) is 2. The zero-order valence-electron chi connectivity index (χ0n) is 7.83. The van der Waals surface area contributed by atoms with Gasteiger partial charge >= 0.3 is 5.69 Å². The number of nitro groups is 1. The molecule has 1 aromatic carbocycles. The van der Waals surface area contributed by atoms with Crippen LogP contribution in [0.1, 0.15) is 0 Å². The fraction of sp³-hybridized carbons (Fsp3) is 0. The fourth-order valence-corrected chi connectivity index (χ4v) is 3.15. The first-order valence-electron chi connectivity index (χ1n) is 4.36. The molecule has 2 rings (SSSR count). The van der Waals surface area contributed by atoms with Crippen LogP contribution in [-0.4, -0.2) is 4.92 Å². The number of benzene rings is 1. The van der Waals surface area contributed by atoms with E-state index >= 15 is 0 Å². The lowest BCUT2D eigenvalue weighted by molar-refractivity contribution is -0.386. The SMILES string of the molecule is Nc1cccc([SH]2C=CC=C2)c1[N+](=O)[O-]. The van der Waals surface area contributed by atoms with Gasteiger partial charge in [0, 0.05) is 0 Å². The molecule has 5 heteroatoms. The fourth-order valence-electron chi connectivity index (χ4n) is 1.45. The summed E-state index contributed by atoms with van der Waals surface area (Å²) < 4.78 is 0. The number of hydrogen-bond acceptors (Lipinski definition) is 3. The van der Waals surface area contributed by atoms with E-state index in [9.17, 15) is 10.1 Å². The van der Waals surface area contributed by atoms with Crippen LogP contribution in [0.5, 0.6) is 0 Å². The number of rotatable bonds is 2. The molecule has 0 radical (unpaired) electrons. The number of para-hydroxylation sites is 1. The van der Waals surface area contributed by atoms with Crippen LogP contribution in [0.15, 0.2) is 46.1 Å². The summed E-state index contributed by atoms with van der Waals surface area (Å²) in [5, 5.41) is 14.8. The van der Waals surface area contributed by atoms with Crippen LogP contribution in [0, 0.1) is 10.1 Å². The highest BCUT2D eigenvalue weighted by molar-refractivity contribution is 8.22. The Balaban J connectivity index is 2.55. The third-order valence-corrected chi connectivity index (χ3v) is 4.02. The summed E-state index contributed by atoms with van der Waals surface area (Å²) in [6.45, 7) is 0. The van der Waals surface area contributed by atoms with Crippen molar-refractivity contribution in [3.63, 3.8) is 0 Å². The maximum Gasteiger partial charge on any atom is 0.304 e. The number of anilines is 1. The number of allylic oxidation sites excluding steroid dienone is 2. The molecule has 0 aliphatic carbocycles. The molecule has 1 aromatic rings. The van der Waals surface area contributed by atoms with Crippen molar-refractivity contribution >= 4 is 22.3 Å². The second-order valence-electron chi connectivity index (χ2n) is 3.06. The molecule has 2 N–H and O–H groups in total. The average molecular weight is 222 g/mol. The van der Waals surface area contributed by atoms with Gasteiger partial charge in [-0.15, -0.1) is 0 Å². The molecule has 0 bridgehead atoms. The van der Waals surface area contributed by atoms with Crippen molar-refractivity contribution in [1.82, 2.24) is 0 Å². The Morgan fingerprint density at radius 1 is 1.27 bits per heavy atom. The van der Waals surface area contributed by atoms with Gasteiger partial charge in [0.15, 0.2) is 0 Å². The van der Waals surface area contributed by atoms with Crippen LogP contribution in [0.3, 0.4) is 0 Å². The third-order valence-electron chi connectivity index (χ3n) is 2.11. The molecule has 1 heterocycles. The van der Waals surface area contributed by atoms with Crippen LogP contribution in [0.25, 0.3) is 0 Å². The minimum absolute atomic E-state index is 0.0415. The molecule has 4 nitrogen and oxygen atoms in total. The van der Waals surface area contributed by atoms with Gasteiger partial charge < -0.3 is 5.73 Å². The molecule has 1 aliphatic rings. The minimum Gasteiger partial charge on any atom is -0.393 e. The standard InChI is InChI=1S/C10H10N2O2S/c11-8-4-3-5-9(10(8)12(13)14)15-6-1-2-7-15/h1-7,15H,11H2. The predicted molar refractivity (Wildman–Crippen MR) is 63.0 cm³/mol. The van der Waals surface area contributed by atoms with Gasteiger partial charge in [-0.25, -0.2) is 0 Å². The van der Waals surface area contributed by atoms with E-state index < -0.39 is 15.8 Å². The van der Waals surface area contributed by atoms with Crippen molar-refractivity contribution in [2.24, 2.45) is 0 Å². The second kappa shape index (κ2) is 3.78. The lowest BCUT2D eigenvalue weighted by Crippen LogP contribution is -1.97. The van der Waals surface area contributed by atoms with Crippen molar-refractivity contribution in [1.29, 1.82) is 0 Å². The molecule has 0 unspecified atom stereocenters. The maximum absolute atomic E-state index is 10.9. The second-order valence-corrected chi connectivity index (χ2v) is 4.96. The Hall–Kier alpha value is -1.75. The molecule has 0 atom stereocenters. The molecular formula is C10H10N2O2S. The largest absolute Gasteiger partial charge is 0.393 e. The van der Waals surface area contributed by atoms with Gasteiger partial charge in [-0.05, 0) is 22.9 Å². The van der Waals surface area contributed by atoms with Crippen molar-refractivity contribution in [3.05, 3.63) is 51.3 Å². The molecule has 0 aromatic heterocycles. The van der Waals surface area contributed by atoms with Crippen molar-refractivity contribution in [2.45, 2.75) is 4.90 Å². The van der Waals surface area contributed by atoms with Gasteiger partial charge in [-0.3, -0.25) is 10.1 Å². The topological polar surface area (TPSA) is 69.2 Å². The van der Waals surface area contributed by atoms with Gasteiger partial charge in [0.2, 0.25) is 0 Å².